The number of benzene rings is 8. The Labute approximate surface area is 624 Å². The van der Waals surface area contributed by atoms with Crippen molar-refractivity contribution >= 4 is 125 Å². The summed E-state index contributed by atoms with van der Waals surface area (Å²) in [5.74, 6) is -1.63. The topological polar surface area (TPSA) is 313 Å². The predicted molar refractivity (Wildman–Crippen MR) is 399 cm³/mol. The van der Waals surface area contributed by atoms with Crippen molar-refractivity contribution < 1.29 is 55.4 Å². The number of imidazole rings is 4. The molecule has 1 radical (unpaired) electrons. The Morgan fingerprint density at radius 3 is 0.600 bits per heavy atom. The van der Waals surface area contributed by atoms with Gasteiger partial charge in [-0.15, -0.1) is 0 Å². The molecular formula is C78H66MnN16O8S2. The number of hydrogen-bond donors (Lipinski definition) is 0. The van der Waals surface area contributed by atoms with Crippen molar-refractivity contribution in [3.63, 3.8) is 0 Å². The fraction of sp³-hybridized carbons (Fsp3) is 0.179. The van der Waals surface area contributed by atoms with Crippen LogP contribution < -0.4 is 0 Å². The van der Waals surface area contributed by atoms with Gasteiger partial charge in [0.1, 0.15) is 0 Å². The molecule has 8 heterocycles. The molecule has 0 spiro atoms. The van der Waals surface area contributed by atoms with E-state index in [-0.39, 0.29) is 64.3 Å². The number of hydrogen-bond acceptors (Lipinski definition) is 16. The van der Waals surface area contributed by atoms with Crippen LogP contribution in [0.15, 0.2) is 220 Å². The zero-order chi connectivity index (χ0) is 74.1. The van der Waals surface area contributed by atoms with Crippen molar-refractivity contribution in [1.82, 2.24) is 57.8 Å². The quantitative estimate of drug-likeness (QED) is 0.0375. The van der Waals surface area contributed by atoms with Crippen molar-refractivity contribution in [2.75, 3.05) is 26.2 Å². The Hall–Kier alpha value is -12.7. The third kappa shape index (κ3) is 18.3. The first kappa shape index (κ1) is 78.0. The van der Waals surface area contributed by atoms with E-state index < -0.39 is 0 Å². The number of thiocarbonyl (C=S) groups is 2. The molecule has 0 unspecified atom stereocenters. The molecule has 16 rings (SSSR count). The van der Waals surface area contributed by atoms with Crippen LogP contribution >= 0.6 is 24.4 Å². The first-order valence-corrected chi connectivity index (χ1v) is 33.5. The molecule has 0 saturated carbocycles. The maximum atomic E-state index is 12.7. The molecular weight excluding hydrogens is 1410 g/mol. The zero-order valence-electron chi connectivity index (χ0n) is 56.9. The Bertz CT molecular complexity index is 4440. The van der Waals surface area contributed by atoms with E-state index >= 15 is 0 Å². The minimum atomic E-state index is -0.204. The standard InChI is InChI=1S/4C18H15N3O2.2C2H3N.2CNS.Mn/c4*22-17-14-6-1-4-13-5-2-7-15(16(13)14)18(23)21(17)10-3-9-20-11-8-19-12-20;2*1-2-3;2*2-1-3;/h4*1-2,4-8,11-12H,3,9-10H2;2*1H3;;;/q;;;;;;2*-1;+2. The molecule has 4 aliphatic heterocycles. The van der Waals surface area contributed by atoms with E-state index in [9.17, 15) is 38.4 Å². The van der Waals surface area contributed by atoms with E-state index in [1.165, 1.54) is 43.8 Å². The van der Waals surface area contributed by atoms with Crippen LogP contribution in [0.1, 0.15) is 122 Å². The van der Waals surface area contributed by atoms with Gasteiger partial charge < -0.3 is 29.1 Å². The summed E-state index contributed by atoms with van der Waals surface area (Å²) in [6.07, 6.45) is 24.1. The fourth-order valence-corrected chi connectivity index (χ4v) is 12.5. The van der Waals surface area contributed by atoms with Gasteiger partial charge in [0.25, 0.3) is 47.3 Å². The minimum absolute atomic E-state index is 0. The predicted octanol–water partition coefficient (Wildman–Crippen LogP) is 13.3. The minimum Gasteiger partial charge on any atom is -0.753 e. The summed E-state index contributed by atoms with van der Waals surface area (Å²) in [6, 6.07) is 48.2. The van der Waals surface area contributed by atoms with Crippen molar-refractivity contribution in [3.05, 3.63) is 276 Å². The zero-order valence-corrected chi connectivity index (χ0v) is 59.7. The van der Waals surface area contributed by atoms with Crippen LogP contribution in [-0.2, 0) is 43.2 Å². The molecule has 105 heavy (non-hydrogen) atoms. The molecule has 4 aromatic heterocycles. The molecule has 0 bridgehead atoms. The summed E-state index contributed by atoms with van der Waals surface area (Å²) in [5, 5.41) is 38.4. The summed E-state index contributed by atoms with van der Waals surface area (Å²) in [4.78, 5) is 123. The average molecular weight is 1470 g/mol. The molecule has 0 atom stereocenters. The number of amides is 8. The van der Waals surface area contributed by atoms with Gasteiger partial charge >= 0.3 is 17.1 Å². The van der Waals surface area contributed by atoms with Crippen LogP contribution in [-0.4, -0.2) is 142 Å². The number of nitrogens with zero attached hydrogens (tertiary/aromatic N) is 16. The number of imide groups is 4. The second-order valence-electron chi connectivity index (χ2n) is 23.1. The molecule has 0 aliphatic carbocycles. The van der Waals surface area contributed by atoms with Gasteiger partial charge in [-0.1, -0.05) is 121 Å². The largest absolute Gasteiger partial charge is 2.00 e. The van der Waals surface area contributed by atoms with Crippen molar-refractivity contribution in [2.45, 2.75) is 65.7 Å². The Morgan fingerprint density at radius 2 is 0.467 bits per heavy atom. The van der Waals surface area contributed by atoms with Crippen molar-refractivity contribution in [2.24, 2.45) is 0 Å². The normalized spacial score (nSPS) is 12.4. The number of nitriles is 2. The third-order valence-electron chi connectivity index (χ3n) is 16.9. The number of carbonyl (C=O) groups excluding carboxylic acids is 8. The molecule has 8 aromatic carbocycles. The van der Waals surface area contributed by atoms with E-state index in [4.69, 9.17) is 21.3 Å². The summed E-state index contributed by atoms with van der Waals surface area (Å²) in [7, 11) is 0. The van der Waals surface area contributed by atoms with Crippen molar-refractivity contribution in [3.8, 4) is 12.1 Å². The van der Waals surface area contributed by atoms with E-state index in [1.54, 1.807) is 111 Å². The van der Waals surface area contributed by atoms with Crippen molar-refractivity contribution in [1.29, 1.82) is 10.5 Å². The second-order valence-corrected chi connectivity index (χ2v) is 23.5. The van der Waals surface area contributed by atoms with Crippen LogP contribution in [0.4, 0.5) is 0 Å². The molecule has 0 saturated heterocycles. The third-order valence-corrected chi connectivity index (χ3v) is 16.9. The van der Waals surface area contributed by atoms with E-state index in [0.29, 0.717) is 96.4 Å². The molecule has 24 nitrogen and oxygen atoms in total. The van der Waals surface area contributed by atoms with Gasteiger partial charge in [-0.05, 0) is 95.8 Å². The van der Waals surface area contributed by atoms with Crippen LogP contribution in [0.2, 0.25) is 0 Å². The number of isothiocyanates is 2. The van der Waals surface area contributed by atoms with Gasteiger partial charge in [0.15, 0.2) is 0 Å². The van der Waals surface area contributed by atoms with Gasteiger partial charge in [0, 0.05) is 182 Å². The molecule has 4 aliphatic rings. The second kappa shape index (κ2) is 38.4. The van der Waals surface area contributed by atoms with Gasteiger partial charge in [-0.3, -0.25) is 58.0 Å². The molecule has 0 N–H and O–H groups in total. The van der Waals surface area contributed by atoms with Gasteiger partial charge in [-0.2, -0.15) is 20.8 Å². The van der Waals surface area contributed by atoms with Crippen LogP contribution in [0.3, 0.4) is 0 Å². The maximum absolute atomic E-state index is 12.7. The molecule has 525 valence electrons. The molecule has 0 fully saturated rings. The van der Waals surface area contributed by atoms with E-state index in [0.717, 1.165) is 69.3 Å². The smallest absolute Gasteiger partial charge is 0.753 e. The van der Waals surface area contributed by atoms with Gasteiger partial charge in [0.2, 0.25) is 0 Å². The Balaban J connectivity index is 0.000000168. The monoisotopic (exact) mass is 1470 g/mol. The number of carbonyl (C=O) groups is 8. The number of aryl methyl sites for hydroxylation is 4. The number of aromatic nitrogens is 8. The molecule has 12 aromatic rings. The average Bonchev–Trinajstić information content (AvgIpc) is 1.75. The Kier molecular flexibility index (Phi) is 28.5. The van der Waals surface area contributed by atoms with E-state index in [2.05, 4.69) is 44.4 Å². The van der Waals surface area contributed by atoms with Crippen LogP contribution in [0.5, 0.6) is 0 Å². The Morgan fingerprint density at radius 1 is 0.314 bits per heavy atom. The number of rotatable bonds is 16. The fourth-order valence-electron chi connectivity index (χ4n) is 12.5. The summed E-state index contributed by atoms with van der Waals surface area (Å²) < 4.78 is 7.75. The van der Waals surface area contributed by atoms with Crippen LogP contribution in [0.25, 0.3) is 53.9 Å². The van der Waals surface area contributed by atoms with Crippen LogP contribution in [0, 0.1) is 22.7 Å². The first-order valence-electron chi connectivity index (χ1n) is 32.7. The summed E-state index contributed by atoms with van der Waals surface area (Å²) in [6.45, 7) is 7.37. The first-order chi connectivity index (χ1) is 50.7. The van der Waals surface area contributed by atoms with E-state index in [1.807, 2.05) is 140 Å². The summed E-state index contributed by atoms with van der Waals surface area (Å²) in [5.41, 5.74) is 4.89. The summed E-state index contributed by atoms with van der Waals surface area (Å²) >= 11 is 7.40. The van der Waals surface area contributed by atoms with Gasteiger partial charge in [-0.25, -0.2) is 19.9 Å². The molecule has 27 heteroatoms. The maximum Gasteiger partial charge on any atom is 2.00 e. The van der Waals surface area contributed by atoms with Gasteiger partial charge in [0.05, 0.1) is 37.4 Å². The molecule has 8 amide bonds. The SMILES string of the molecule is CC#N.CC#N.O=C1c2cccc3cccc(c23)C(=O)N1CCCn1ccnc1.O=C1c2cccc3cccc(c23)C(=O)N1CCCn1ccnc1.O=C1c2cccc3cccc(c23)C(=O)N1CCCn1ccnc1.O=C1c2cccc3cccc(c23)C(=O)N1CCCn1ccnc1.[Mn+2].[N-]=C=S.[N-]=C=S.